The molecule has 1 N–H and O–H groups in total. The number of hydrogen-bond acceptors (Lipinski definition) is 3. The van der Waals surface area contributed by atoms with Gasteiger partial charge in [0.25, 0.3) is 5.91 Å². The van der Waals surface area contributed by atoms with Crippen LogP contribution in [0.25, 0.3) is 6.08 Å². The second-order valence-electron chi connectivity index (χ2n) is 6.89. The Morgan fingerprint density at radius 2 is 1.85 bits per heavy atom. The van der Waals surface area contributed by atoms with Crippen LogP contribution in [-0.2, 0) is 17.6 Å². The Balaban J connectivity index is 1.90. The molecule has 0 bridgehead atoms. The molecule has 3 rings (SSSR count). The highest BCUT2D eigenvalue weighted by atomic mass is 79.9. The van der Waals surface area contributed by atoms with Gasteiger partial charge in [-0.05, 0) is 58.4 Å². The summed E-state index contributed by atoms with van der Waals surface area (Å²) in [6.45, 7) is 0.124. The first kappa shape index (κ1) is 25.8. The highest BCUT2D eigenvalue weighted by molar-refractivity contribution is 9.11. The van der Waals surface area contributed by atoms with Gasteiger partial charge in [0, 0.05) is 26.3 Å². The lowest BCUT2D eigenvalue weighted by atomic mass is 10.1. The summed E-state index contributed by atoms with van der Waals surface area (Å²) in [5.74, 6) is -0.516. The number of alkyl halides is 3. The second kappa shape index (κ2) is 11.1. The van der Waals surface area contributed by atoms with Gasteiger partial charge in [0.15, 0.2) is 0 Å². The lowest BCUT2D eigenvalue weighted by molar-refractivity contribution is -0.137. The van der Waals surface area contributed by atoms with Gasteiger partial charge in [-0.15, -0.1) is 0 Å². The molecule has 1 amide bonds. The predicted molar refractivity (Wildman–Crippen MR) is 131 cm³/mol. The summed E-state index contributed by atoms with van der Waals surface area (Å²) in [5, 5.41) is 12.4. The van der Waals surface area contributed by atoms with Crippen LogP contribution in [0.1, 0.15) is 16.7 Å². The van der Waals surface area contributed by atoms with E-state index in [1.807, 2.05) is 6.07 Å². The van der Waals surface area contributed by atoms with Gasteiger partial charge in [0.05, 0.1) is 10.0 Å². The smallest absolute Gasteiger partial charge is 0.416 e. The van der Waals surface area contributed by atoms with Gasteiger partial charge in [-0.3, -0.25) is 4.79 Å². The number of halogens is 6. The average molecular weight is 615 g/mol. The van der Waals surface area contributed by atoms with Crippen molar-refractivity contribution in [2.45, 2.75) is 12.8 Å². The van der Waals surface area contributed by atoms with Gasteiger partial charge in [-0.2, -0.15) is 18.4 Å². The summed E-state index contributed by atoms with van der Waals surface area (Å²) in [5.41, 5.74) is -0.212. The zero-order chi connectivity index (χ0) is 24.9. The summed E-state index contributed by atoms with van der Waals surface area (Å²) in [6.07, 6.45) is -3.27. The molecule has 0 unspecified atom stereocenters. The maximum Gasteiger partial charge on any atom is 0.416 e. The van der Waals surface area contributed by atoms with Gasteiger partial charge < -0.3 is 10.1 Å². The monoisotopic (exact) mass is 612 g/mol. The molecule has 3 aromatic rings. The molecule has 0 aliphatic heterocycles. The largest absolute Gasteiger partial charge is 0.487 e. The lowest BCUT2D eigenvalue weighted by Gasteiger charge is -2.14. The van der Waals surface area contributed by atoms with Crippen LogP contribution in [0.5, 0.6) is 5.75 Å². The van der Waals surface area contributed by atoms with Crippen molar-refractivity contribution in [1.82, 2.24) is 0 Å². The van der Waals surface area contributed by atoms with Crippen molar-refractivity contribution in [3.63, 3.8) is 0 Å². The molecule has 4 nitrogen and oxygen atoms in total. The van der Waals surface area contributed by atoms with Crippen molar-refractivity contribution in [1.29, 1.82) is 5.26 Å². The van der Waals surface area contributed by atoms with Crippen molar-refractivity contribution >= 4 is 61.1 Å². The SMILES string of the molecule is N#C/C(=C\c1cc(Br)cc(Br)c1OCc1ccccc1Cl)C(=O)Nc1cccc(C(F)(F)F)c1. The predicted octanol–water partition coefficient (Wildman–Crippen LogP) is 8.01. The number of amides is 1. The fourth-order valence-electron chi connectivity index (χ4n) is 2.88. The third kappa shape index (κ3) is 6.63. The first-order valence-electron chi connectivity index (χ1n) is 9.54. The molecule has 0 aliphatic carbocycles. The Morgan fingerprint density at radius 3 is 2.53 bits per heavy atom. The number of hydrogen-bond donors (Lipinski definition) is 1. The highest BCUT2D eigenvalue weighted by Gasteiger charge is 2.30. The first-order chi connectivity index (χ1) is 16.1. The van der Waals surface area contributed by atoms with Gasteiger partial charge >= 0.3 is 6.18 Å². The fourth-order valence-corrected chi connectivity index (χ4v) is 4.44. The lowest BCUT2D eigenvalue weighted by Crippen LogP contribution is -2.14. The number of nitriles is 1. The molecule has 34 heavy (non-hydrogen) atoms. The molecule has 0 saturated carbocycles. The van der Waals surface area contributed by atoms with Crippen molar-refractivity contribution in [3.8, 4) is 11.8 Å². The third-order valence-corrected chi connectivity index (χ3v) is 5.90. The topological polar surface area (TPSA) is 62.1 Å². The van der Waals surface area contributed by atoms with Crippen LogP contribution in [0.4, 0.5) is 18.9 Å². The number of ether oxygens (including phenoxy) is 1. The molecular formula is C24H14Br2ClF3N2O2. The van der Waals surface area contributed by atoms with Crippen LogP contribution in [0.2, 0.25) is 5.02 Å². The average Bonchev–Trinajstić information content (AvgIpc) is 2.77. The number of anilines is 1. The molecular weight excluding hydrogens is 601 g/mol. The molecule has 0 aromatic heterocycles. The van der Waals surface area contributed by atoms with E-state index in [1.165, 1.54) is 18.2 Å². The minimum Gasteiger partial charge on any atom is -0.487 e. The van der Waals surface area contributed by atoms with Gasteiger partial charge in [0.1, 0.15) is 24.0 Å². The first-order valence-corrected chi connectivity index (χ1v) is 11.5. The van der Waals surface area contributed by atoms with E-state index in [1.54, 1.807) is 36.4 Å². The molecule has 10 heteroatoms. The number of nitrogens with one attached hydrogen (secondary N) is 1. The van der Waals surface area contributed by atoms with Crippen molar-refractivity contribution in [3.05, 3.63) is 96.9 Å². The normalized spacial score (nSPS) is 11.6. The number of carbonyl (C=O) groups excluding carboxylic acids is 1. The summed E-state index contributed by atoms with van der Waals surface area (Å²) in [6, 6.07) is 16.4. The van der Waals surface area contributed by atoms with E-state index < -0.39 is 17.6 Å². The molecule has 0 radical (unpaired) electrons. The minimum atomic E-state index is -4.56. The summed E-state index contributed by atoms with van der Waals surface area (Å²) < 4.78 is 46.0. The maximum atomic E-state index is 13.0. The number of rotatable bonds is 6. The number of nitrogens with zero attached hydrogens (tertiary/aromatic N) is 1. The Hall–Kier alpha value is -2.80. The molecule has 0 atom stereocenters. The summed E-state index contributed by atoms with van der Waals surface area (Å²) in [4.78, 5) is 12.6. The fraction of sp³-hybridized carbons (Fsp3) is 0.0833. The number of carbonyl (C=O) groups is 1. The Labute approximate surface area is 215 Å². The third-order valence-electron chi connectivity index (χ3n) is 4.48. The number of benzene rings is 3. The molecule has 3 aromatic carbocycles. The Kier molecular flexibility index (Phi) is 8.42. The van der Waals surface area contributed by atoms with E-state index in [0.717, 1.165) is 17.7 Å². The van der Waals surface area contributed by atoms with E-state index in [2.05, 4.69) is 37.2 Å². The highest BCUT2D eigenvalue weighted by Crippen LogP contribution is 2.36. The zero-order valence-electron chi connectivity index (χ0n) is 17.1. The maximum absolute atomic E-state index is 13.0. The minimum absolute atomic E-state index is 0.0911. The molecule has 0 aliphatic rings. The standard InChI is InChI=1S/C24H14Br2ClF3N2O2/c25-18-9-15(22(20(26)11-18)34-13-14-4-1-2-7-21(14)27)8-16(12-31)23(33)32-19-6-3-5-17(10-19)24(28,29)30/h1-11H,13H2,(H,32,33)/b16-8+. The molecule has 0 saturated heterocycles. The van der Waals surface area contributed by atoms with Crippen LogP contribution < -0.4 is 10.1 Å². The Morgan fingerprint density at radius 1 is 1.12 bits per heavy atom. The van der Waals surface area contributed by atoms with Crippen LogP contribution in [0.15, 0.2) is 75.2 Å². The van der Waals surface area contributed by atoms with Crippen LogP contribution >= 0.6 is 43.5 Å². The van der Waals surface area contributed by atoms with Crippen molar-refractivity contribution in [2.24, 2.45) is 0 Å². The van der Waals surface area contributed by atoms with Crippen LogP contribution in [-0.4, -0.2) is 5.91 Å². The summed E-state index contributed by atoms with van der Waals surface area (Å²) >= 11 is 13.0. The van der Waals surface area contributed by atoms with Crippen LogP contribution in [0.3, 0.4) is 0 Å². The molecule has 0 spiro atoms. The molecule has 0 fully saturated rings. The van der Waals surface area contributed by atoms with E-state index in [-0.39, 0.29) is 17.9 Å². The second-order valence-corrected chi connectivity index (χ2v) is 9.07. The Bertz CT molecular complexity index is 1300. The van der Waals surface area contributed by atoms with Crippen LogP contribution in [0, 0.1) is 11.3 Å². The van der Waals surface area contributed by atoms with Crippen molar-refractivity contribution < 1.29 is 22.7 Å². The van der Waals surface area contributed by atoms with Gasteiger partial charge in [0.2, 0.25) is 0 Å². The van der Waals surface area contributed by atoms with Gasteiger partial charge in [-0.25, -0.2) is 0 Å². The van der Waals surface area contributed by atoms with Crippen molar-refractivity contribution in [2.75, 3.05) is 5.32 Å². The van der Waals surface area contributed by atoms with E-state index in [0.29, 0.717) is 25.3 Å². The van der Waals surface area contributed by atoms with Gasteiger partial charge in [-0.1, -0.05) is 51.8 Å². The molecule has 174 valence electrons. The molecule has 0 heterocycles. The zero-order valence-corrected chi connectivity index (χ0v) is 21.0. The van der Waals surface area contributed by atoms with E-state index in [4.69, 9.17) is 16.3 Å². The van der Waals surface area contributed by atoms with E-state index >= 15 is 0 Å². The summed E-state index contributed by atoms with van der Waals surface area (Å²) in [7, 11) is 0. The van der Waals surface area contributed by atoms with E-state index in [9.17, 15) is 23.2 Å². The quantitative estimate of drug-likeness (QED) is 0.226.